The zero-order chi connectivity index (χ0) is 55.7. The molecule has 448 valence electrons. The Morgan fingerprint density at radius 1 is 0.260 bits per heavy atom. The van der Waals surface area contributed by atoms with Crippen molar-refractivity contribution in [1.82, 2.24) is 0 Å². The first-order valence-corrected chi connectivity index (χ1v) is 33.8. The van der Waals surface area contributed by atoms with Crippen LogP contribution in [0, 0.1) is 0 Å². The normalized spacial score (nSPS) is 12.4. The number of esters is 3. The van der Waals surface area contributed by atoms with Gasteiger partial charge in [0.05, 0.1) is 0 Å². The van der Waals surface area contributed by atoms with E-state index in [9.17, 15) is 14.4 Å². The van der Waals surface area contributed by atoms with Crippen molar-refractivity contribution in [3.63, 3.8) is 0 Å². The molecule has 0 aliphatic heterocycles. The van der Waals surface area contributed by atoms with E-state index in [1.807, 2.05) is 0 Å². The first-order valence-electron chi connectivity index (χ1n) is 33.8. The summed E-state index contributed by atoms with van der Waals surface area (Å²) < 4.78 is 16.9. The van der Waals surface area contributed by atoms with E-state index in [2.05, 4.69) is 81.5 Å². The fourth-order valence-electron chi connectivity index (χ4n) is 9.84. The Balaban J connectivity index is 4.22. The number of carbonyl (C=O) groups is 3. The number of ether oxygens (including phenoxy) is 3. The van der Waals surface area contributed by atoms with Crippen molar-refractivity contribution < 1.29 is 28.6 Å². The number of rotatable bonds is 62. The monoisotopic (exact) mass is 1080 g/mol. The minimum Gasteiger partial charge on any atom is -0.462 e. The SMILES string of the molecule is CCCC/C=C\CCCCCCCC(=O)OCC(COC(=O)CCCCCCCCCCCCCC/C=C\C/C=C\C/C=C\CCCCCCC)OC(=O)CCCCCCCCCCC/C=C\CCCCCCCCCC. The molecule has 6 heteroatoms. The summed E-state index contributed by atoms with van der Waals surface area (Å²) in [7, 11) is 0. The van der Waals surface area contributed by atoms with Gasteiger partial charge in [-0.05, 0) is 103 Å². The average molecular weight is 1080 g/mol. The largest absolute Gasteiger partial charge is 0.462 e. The van der Waals surface area contributed by atoms with Crippen LogP contribution in [0.5, 0.6) is 0 Å². The molecular formula is C71H128O6. The smallest absolute Gasteiger partial charge is 0.306 e. The third-order valence-corrected chi connectivity index (χ3v) is 15.0. The summed E-state index contributed by atoms with van der Waals surface area (Å²) in [4.78, 5) is 38.3. The Bertz CT molecular complexity index is 1380. The lowest BCUT2D eigenvalue weighted by Gasteiger charge is -2.18. The highest BCUT2D eigenvalue weighted by atomic mass is 16.6. The van der Waals surface area contributed by atoms with Gasteiger partial charge in [0, 0.05) is 19.3 Å². The molecule has 0 N–H and O–H groups in total. The van der Waals surface area contributed by atoms with E-state index < -0.39 is 6.10 Å². The van der Waals surface area contributed by atoms with Gasteiger partial charge in [0.1, 0.15) is 13.2 Å². The van der Waals surface area contributed by atoms with Crippen LogP contribution >= 0.6 is 0 Å². The summed E-state index contributed by atoms with van der Waals surface area (Å²) in [5.41, 5.74) is 0. The van der Waals surface area contributed by atoms with Gasteiger partial charge in [-0.1, -0.05) is 293 Å². The quantitative estimate of drug-likeness (QED) is 0.0261. The molecule has 0 aromatic carbocycles. The lowest BCUT2D eigenvalue weighted by molar-refractivity contribution is -0.167. The highest BCUT2D eigenvalue weighted by molar-refractivity contribution is 5.71. The number of hydrogen-bond acceptors (Lipinski definition) is 6. The Labute approximate surface area is 479 Å². The lowest BCUT2D eigenvalue weighted by Crippen LogP contribution is -2.30. The van der Waals surface area contributed by atoms with E-state index in [1.165, 1.54) is 238 Å². The van der Waals surface area contributed by atoms with Crippen LogP contribution in [0.3, 0.4) is 0 Å². The maximum Gasteiger partial charge on any atom is 0.306 e. The van der Waals surface area contributed by atoms with Crippen molar-refractivity contribution in [2.24, 2.45) is 0 Å². The van der Waals surface area contributed by atoms with Gasteiger partial charge in [0.25, 0.3) is 0 Å². The molecule has 0 spiro atoms. The number of unbranched alkanes of at least 4 members (excludes halogenated alkanes) is 41. The highest BCUT2D eigenvalue weighted by Gasteiger charge is 2.19. The summed E-state index contributed by atoms with van der Waals surface area (Å²) in [6.45, 7) is 6.63. The van der Waals surface area contributed by atoms with E-state index in [4.69, 9.17) is 14.2 Å². The zero-order valence-electron chi connectivity index (χ0n) is 51.5. The molecule has 1 atom stereocenters. The maximum absolute atomic E-state index is 12.9. The van der Waals surface area contributed by atoms with Crippen molar-refractivity contribution in [3.05, 3.63) is 60.8 Å². The van der Waals surface area contributed by atoms with Gasteiger partial charge < -0.3 is 14.2 Å². The second-order valence-corrected chi connectivity index (χ2v) is 22.7. The van der Waals surface area contributed by atoms with Gasteiger partial charge in [-0.2, -0.15) is 0 Å². The highest BCUT2D eigenvalue weighted by Crippen LogP contribution is 2.17. The molecule has 1 unspecified atom stereocenters. The van der Waals surface area contributed by atoms with Gasteiger partial charge in [0.15, 0.2) is 6.10 Å². The van der Waals surface area contributed by atoms with Crippen LogP contribution in [-0.4, -0.2) is 37.2 Å². The number of hydrogen-bond donors (Lipinski definition) is 0. The summed E-state index contributed by atoms with van der Waals surface area (Å²) in [6, 6.07) is 0. The molecule has 0 amide bonds. The molecule has 6 nitrogen and oxygen atoms in total. The first-order chi connectivity index (χ1) is 38.0. The second-order valence-electron chi connectivity index (χ2n) is 22.7. The Hall–Kier alpha value is -2.89. The van der Waals surface area contributed by atoms with Crippen LogP contribution in [0.2, 0.25) is 0 Å². The third-order valence-electron chi connectivity index (χ3n) is 15.0. The molecule has 0 saturated heterocycles. The second kappa shape index (κ2) is 65.6. The molecule has 0 rings (SSSR count). The van der Waals surface area contributed by atoms with Crippen molar-refractivity contribution in [2.75, 3.05) is 13.2 Å². The molecule has 0 heterocycles. The fourth-order valence-corrected chi connectivity index (χ4v) is 9.84. The lowest BCUT2D eigenvalue weighted by atomic mass is 10.0. The van der Waals surface area contributed by atoms with Crippen molar-refractivity contribution >= 4 is 17.9 Å². The summed E-state index contributed by atoms with van der Waals surface area (Å²) >= 11 is 0. The van der Waals surface area contributed by atoms with Crippen LogP contribution < -0.4 is 0 Å². The van der Waals surface area contributed by atoms with Gasteiger partial charge in [-0.15, -0.1) is 0 Å². The van der Waals surface area contributed by atoms with Crippen LogP contribution in [0.25, 0.3) is 0 Å². The van der Waals surface area contributed by atoms with Crippen molar-refractivity contribution in [2.45, 2.75) is 361 Å². The molecule has 0 aliphatic rings. The maximum atomic E-state index is 12.9. The third kappa shape index (κ3) is 63.8. The van der Waals surface area contributed by atoms with Gasteiger partial charge in [-0.25, -0.2) is 0 Å². The summed E-state index contributed by atoms with van der Waals surface area (Å²) in [6.07, 6.45) is 83.8. The molecule has 0 fully saturated rings. The molecule has 0 aromatic heterocycles. The van der Waals surface area contributed by atoms with Gasteiger partial charge in [-0.3, -0.25) is 14.4 Å². The number of allylic oxidation sites excluding steroid dienone is 10. The van der Waals surface area contributed by atoms with Crippen LogP contribution in [-0.2, 0) is 28.6 Å². The molecule has 0 aliphatic carbocycles. The first kappa shape index (κ1) is 74.1. The van der Waals surface area contributed by atoms with Gasteiger partial charge >= 0.3 is 17.9 Å². The minimum absolute atomic E-state index is 0.0764. The van der Waals surface area contributed by atoms with E-state index in [1.54, 1.807) is 0 Å². The summed E-state index contributed by atoms with van der Waals surface area (Å²) in [5.74, 6) is -0.872. The fraction of sp³-hybridized carbons (Fsp3) is 0.817. The van der Waals surface area contributed by atoms with E-state index in [-0.39, 0.29) is 31.1 Å². The van der Waals surface area contributed by atoms with Crippen molar-refractivity contribution in [3.8, 4) is 0 Å². The van der Waals surface area contributed by atoms with E-state index in [0.29, 0.717) is 19.3 Å². The molecule has 77 heavy (non-hydrogen) atoms. The Morgan fingerprint density at radius 3 is 0.779 bits per heavy atom. The zero-order valence-corrected chi connectivity index (χ0v) is 51.5. The van der Waals surface area contributed by atoms with E-state index >= 15 is 0 Å². The van der Waals surface area contributed by atoms with Crippen LogP contribution in [0.4, 0.5) is 0 Å². The van der Waals surface area contributed by atoms with Crippen LogP contribution in [0.15, 0.2) is 60.8 Å². The van der Waals surface area contributed by atoms with Crippen LogP contribution in [0.1, 0.15) is 355 Å². The topological polar surface area (TPSA) is 78.9 Å². The predicted octanol–water partition coefficient (Wildman–Crippen LogP) is 23.1. The van der Waals surface area contributed by atoms with E-state index in [0.717, 1.165) is 77.0 Å². The molecule has 0 radical (unpaired) electrons. The molecular weight excluding hydrogens is 949 g/mol. The molecule has 0 aromatic rings. The summed E-state index contributed by atoms with van der Waals surface area (Å²) in [5, 5.41) is 0. The van der Waals surface area contributed by atoms with Gasteiger partial charge in [0.2, 0.25) is 0 Å². The predicted molar refractivity (Wildman–Crippen MR) is 335 cm³/mol. The molecule has 0 bridgehead atoms. The number of carbonyl (C=O) groups excluding carboxylic acids is 3. The minimum atomic E-state index is -0.779. The van der Waals surface area contributed by atoms with Crippen molar-refractivity contribution in [1.29, 1.82) is 0 Å². The average Bonchev–Trinajstić information content (AvgIpc) is 3.43. The molecule has 0 saturated carbocycles. The Kier molecular flexibility index (Phi) is 63.2. The Morgan fingerprint density at radius 2 is 0.481 bits per heavy atom. The standard InChI is InChI=1S/C71H128O6/c1-4-7-10-13-16-19-22-24-26-28-30-32-33-34-35-36-37-39-40-42-44-46-49-52-55-58-61-64-70(73)76-67-68(66-75-69(72)63-60-57-54-51-48-21-18-15-12-9-6-3)77-71(74)65-62-59-56-53-50-47-45-43-41-38-31-29-27-25-23-20-17-14-11-8-5-2/h15,18,22,24,28-31,33-34,68H,4-14,16-17,19-21,23,25-27,32,35-67H2,1-3H3/b18-15-,24-22-,30-28-,31-29-,34-33-.